The lowest BCUT2D eigenvalue weighted by atomic mass is 9.98. The molecule has 0 saturated carbocycles. The summed E-state index contributed by atoms with van der Waals surface area (Å²) in [5, 5.41) is 2.81. The number of ether oxygens (including phenoxy) is 2. The van der Waals surface area contributed by atoms with E-state index in [0.29, 0.717) is 50.8 Å². The Balaban J connectivity index is 1.42. The van der Waals surface area contributed by atoms with E-state index in [0.717, 1.165) is 0 Å². The van der Waals surface area contributed by atoms with Crippen molar-refractivity contribution in [3.05, 3.63) is 107 Å². The molecule has 8 nitrogen and oxygen atoms in total. The maximum atomic E-state index is 13.6. The molecule has 5 rings (SSSR count). The summed E-state index contributed by atoms with van der Waals surface area (Å²) in [6.07, 6.45) is 4.79. The zero-order chi connectivity index (χ0) is 29.3. The Morgan fingerprint density at radius 1 is 0.976 bits per heavy atom. The standard InChI is InChI=1S/C32H29FN4O4/c1-19-28(20-6-8-21(33)9-7-20)30(38)25(18-37(19)32(2,3)4)31(39)36-22-10-12-23(13-11-22)41-27-14-15-34-26-16-24(40-5)17-35-29(26)27/h6-18H,1-5H3,(H,36,39). The van der Waals surface area contributed by atoms with Crippen molar-refractivity contribution < 1.29 is 18.7 Å². The Labute approximate surface area is 236 Å². The van der Waals surface area contributed by atoms with Gasteiger partial charge in [0, 0.05) is 47.0 Å². The van der Waals surface area contributed by atoms with Crippen LogP contribution in [0, 0.1) is 12.7 Å². The predicted octanol–water partition coefficient (Wildman–Crippen LogP) is 6.71. The van der Waals surface area contributed by atoms with Gasteiger partial charge in [-0.15, -0.1) is 0 Å². The average Bonchev–Trinajstić information content (AvgIpc) is 2.94. The molecule has 0 bridgehead atoms. The van der Waals surface area contributed by atoms with Crippen LogP contribution in [0.1, 0.15) is 36.8 Å². The molecule has 0 unspecified atom stereocenters. The van der Waals surface area contributed by atoms with Gasteiger partial charge in [-0.2, -0.15) is 0 Å². The van der Waals surface area contributed by atoms with Gasteiger partial charge < -0.3 is 19.4 Å². The number of hydrogen-bond acceptors (Lipinski definition) is 6. The third kappa shape index (κ3) is 5.65. The molecule has 0 radical (unpaired) electrons. The summed E-state index contributed by atoms with van der Waals surface area (Å²) < 4.78 is 26.7. The van der Waals surface area contributed by atoms with Crippen LogP contribution in [0.25, 0.3) is 22.2 Å². The number of pyridine rings is 3. The van der Waals surface area contributed by atoms with Crippen LogP contribution < -0.4 is 20.2 Å². The fourth-order valence-electron chi connectivity index (χ4n) is 4.63. The highest BCUT2D eigenvalue weighted by atomic mass is 19.1. The van der Waals surface area contributed by atoms with Crippen LogP contribution >= 0.6 is 0 Å². The van der Waals surface area contributed by atoms with Crippen molar-refractivity contribution in [2.24, 2.45) is 0 Å². The van der Waals surface area contributed by atoms with Crippen molar-refractivity contribution in [3.63, 3.8) is 0 Å². The lowest BCUT2D eigenvalue weighted by molar-refractivity contribution is 0.102. The summed E-state index contributed by atoms with van der Waals surface area (Å²) in [5.74, 6) is 0.679. The van der Waals surface area contributed by atoms with Gasteiger partial charge in [0.25, 0.3) is 5.91 Å². The van der Waals surface area contributed by atoms with Crippen molar-refractivity contribution in [1.82, 2.24) is 14.5 Å². The van der Waals surface area contributed by atoms with E-state index in [1.54, 1.807) is 74.2 Å². The molecule has 41 heavy (non-hydrogen) atoms. The second-order valence-electron chi connectivity index (χ2n) is 10.5. The molecular formula is C32H29FN4O4. The number of rotatable bonds is 6. The summed E-state index contributed by atoms with van der Waals surface area (Å²) >= 11 is 0. The SMILES string of the molecule is COc1cnc2c(Oc3ccc(NC(=O)c4cn(C(C)(C)C)c(C)c(-c5ccc(F)cc5)c4=O)cc3)ccnc2c1. The van der Waals surface area contributed by atoms with Gasteiger partial charge in [0.1, 0.15) is 28.4 Å². The number of nitrogens with zero attached hydrogens (tertiary/aromatic N) is 3. The second-order valence-corrected chi connectivity index (χ2v) is 10.5. The summed E-state index contributed by atoms with van der Waals surface area (Å²) in [6.45, 7) is 7.77. The largest absolute Gasteiger partial charge is 0.495 e. The molecule has 3 aromatic heterocycles. The number of carbonyl (C=O) groups excluding carboxylic acids is 1. The zero-order valence-electron chi connectivity index (χ0n) is 23.4. The normalized spacial score (nSPS) is 11.4. The van der Waals surface area contributed by atoms with Gasteiger partial charge in [0.2, 0.25) is 5.43 Å². The molecule has 1 N–H and O–H groups in total. The first-order valence-corrected chi connectivity index (χ1v) is 13.0. The first kappa shape index (κ1) is 27.5. The number of halogens is 1. The lowest BCUT2D eigenvalue weighted by Crippen LogP contribution is -2.32. The van der Waals surface area contributed by atoms with Crippen molar-refractivity contribution in [1.29, 1.82) is 0 Å². The molecule has 0 aliphatic heterocycles. The number of aromatic nitrogens is 3. The number of carbonyl (C=O) groups is 1. The smallest absolute Gasteiger partial charge is 0.261 e. The monoisotopic (exact) mass is 552 g/mol. The molecular weight excluding hydrogens is 523 g/mol. The van der Waals surface area contributed by atoms with Crippen LogP contribution in [-0.4, -0.2) is 27.6 Å². The topological polar surface area (TPSA) is 95.3 Å². The van der Waals surface area contributed by atoms with Gasteiger partial charge >= 0.3 is 0 Å². The predicted molar refractivity (Wildman–Crippen MR) is 156 cm³/mol. The minimum absolute atomic E-state index is 0.0186. The number of methoxy groups -OCH3 is 1. The molecule has 0 fully saturated rings. The lowest BCUT2D eigenvalue weighted by Gasteiger charge is -2.28. The molecule has 208 valence electrons. The molecule has 3 heterocycles. The summed E-state index contributed by atoms with van der Waals surface area (Å²) in [7, 11) is 1.56. The van der Waals surface area contributed by atoms with Gasteiger partial charge in [0.15, 0.2) is 5.75 Å². The molecule has 0 atom stereocenters. The van der Waals surface area contributed by atoms with Gasteiger partial charge in [-0.1, -0.05) is 12.1 Å². The first-order valence-electron chi connectivity index (χ1n) is 13.0. The van der Waals surface area contributed by atoms with Gasteiger partial charge in [-0.05, 0) is 69.7 Å². The number of nitrogens with one attached hydrogen (secondary N) is 1. The van der Waals surface area contributed by atoms with Crippen LogP contribution in [-0.2, 0) is 5.54 Å². The molecule has 2 aromatic carbocycles. The number of fused-ring (bicyclic) bond motifs is 1. The van der Waals surface area contributed by atoms with Gasteiger partial charge in [-0.3, -0.25) is 14.6 Å². The van der Waals surface area contributed by atoms with E-state index in [9.17, 15) is 14.0 Å². The Kier molecular flexibility index (Phi) is 7.28. The van der Waals surface area contributed by atoms with Gasteiger partial charge in [0.05, 0.1) is 18.8 Å². The Hall–Kier alpha value is -5.05. The summed E-state index contributed by atoms with van der Waals surface area (Å²) in [5.41, 5.74) is 2.40. The van der Waals surface area contributed by atoms with Crippen LogP contribution in [0.2, 0.25) is 0 Å². The molecule has 0 aliphatic carbocycles. The minimum atomic E-state index is -0.552. The van der Waals surface area contributed by atoms with E-state index in [4.69, 9.17) is 9.47 Å². The van der Waals surface area contributed by atoms with Crippen LogP contribution in [0.15, 0.2) is 84.0 Å². The van der Waals surface area contributed by atoms with E-state index in [2.05, 4.69) is 15.3 Å². The Morgan fingerprint density at radius 2 is 1.68 bits per heavy atom. The first-order chi connectivity index (χ1) is 19.5. The fourth-order valence-corrected chi connectivity index (χ4v) is 4.63. The maximum absolute atomic E-state index is 13.6. The molecule has 0 aliphatic rings. The van der Waals surface area contributed by atoms with E-state index < -0.39 is 22.7 Å². The molecule has 0 saturated heterocycles. The summed E-state index contributed by atoms with van der Waals surface area (Å²) in [6, 6.07) is 16.0. The third-order valence-corrected chi connectivity index (χ3v) is 6.64. The fraction of sp³-hybridized carbons (Fsp3) is 0.188. The highest BCUT2D eigenvalue weighted by molar-refractivity contribution is 6.04. The number of anilines is 1. The molecule has 9 heteroatoms. The van der Waals surface area contributed by atoms with E-state index in [-0.39, 0.29) is 5.56 Å². The maximum Gasteiger partial charge on any atom is 0.261 e. The minimum Gasteiger partial charge on any atom is -0.495 e. The number of benzene rings is 2. The number of amides is 1. The van der Waals surface area contributed by atoms with Crippen molar-refractivity contribution >= 4 is 22.6 Å². The van der Waals surface area contributed by atoms with Crippen molar-refractivity contribution in [3.8, 4) is 28.4 Å². The van der Waals surface area contributed by atoms with Crippen molar-refractivity contribution in [2.75, 3.05) is 12.4 Å². The zero-order valence-corrected chi connectivity index (χ0v) is 23.4. The summed E-state index contributed by atoms with van der Waals surface area (Å²) in [4.78, 5) is 35.7. The molecule has 0 spiro atoms. The average molecular weight is 553 g/mol. The molecule has 5 aromatic rings. The third-order valence-electron chi connectivity index (χ3n) is 6.64. The van der Waals surface area contributed by atoms with Crippen molar-refractivity contribution in [2.45, 2.75) is 33.2 Å². The number of hydrogen-bond donors (Lipinski definition) is 1. The van der Waals surface area contributed by atoms with E-state index in [1.807, 2.05) is 32.3 Å². The Bertz CT molecular complexity index is 1810. The highest BCUT2D eigenvalue weighted by Gasteiger charge is 2.24. The van der Waals surface area contributed by atoms with Gasteiger partial charge in [-0.25, -0.2) is 9.37 Å². The van der Waals surface area contributed by atoms with Crippen LogP contribution in [0.5, 0.6) is 17.2 Å². The van der Waals surface area contributed by atoms with E-state index >= 15 is 0 Å². The van der Waals surface area contributed by atoms with Crippen LogP contribution in [0.3, 0.4) is 0 Å². The molecule has 1 amide bonds. The quantitative estimate of drug-likeness (QED) is 0.251. The second kappa shape index (κ2) is 10.8. The van der Waals surface area contributed by atoms with Crippen LogP contribution in [0.4, 0.5) is 10.1 Å². The Morgan fingerprint density at radius 3 is 2.34 bits per heavy atom. The van der Waals surface area contributed by atoms with E-state index in [1.165, 1.54) is 12.1 Å². The highest BCUT2D eigenvalue weighted by Crippen LogP contribution is 2.30.